The molecule has 1 aliphatic rings. The summed E-state index contributed by atoms with van der Waals surface area (Å²) in [6, 6.07) is 12.4. The van der Waals surface area contributed by atoms with Crippen molar-refractivity contribution in [2.24, 2.45) is 0 Å². The summed E-state index contributed by atoms with van der Waals surface area (Å²) in [5.41, 5.74) is 1.32. The van der Waals surface area contributed by atoms with Gasteiger partial charge in [-0.3, -0.25) is 4.98 Å². The van der Waals surface area contributed by atoms with Crippen LogP contribution in [0.1, 0.15) is 11.8 Å². The molecule has 4 rings (SSSR count). The molecule has 1 aromatic carbocycles. The number of hydrogen-bond acceptors (Lipinski definition) is 5. The van der Waals surface area contributed by atoms with Crippen molar-refractivity contribution in [1.82, 2.24) is 20.0 Å². The van der Waals surface area contributed by atoms with E-state index in [9.17, 15) is 4.79 Å². The van der Waals surface area contributed by atoms with Gasteiger partial charge < -0.3 is 14.7 Å². The monoisotopic (exact) mass is 355 g/mol. The molecule has 3 heterocycles. The van der Waals surface area contributed by atoms with Crippen LogP contribution in [0.15, 0.2) is 53.2 Å². The summed E-state index contributed by atoms with van der Waals surface area (Å²) in [5, 5.41) is 7.34. The number of nitrogens with one attached hydrogen (secondary N) is 1. The normalized spacial score (nSPS) is 14.2. The summed E-state index contributed by atoms with van der Waals surface area (Å²) < 4.78 is 5.31. The van der Waals surface area contributed by atoms with Crippen LogP contribution in [-0.2, 0) is 0 Å². The van der Waals surface area contributed by atoms with Gasteiger partial charge in [0.25, 0.3) is 0 Å². The quantitative estimate of drug-likeness (QED) is 0.778. The predicted octanol–water partition coefficient (Wildman–Crippen LogP) is 3.42. The third-order valence-electron chi connectivity index (χ3n) is 3.93. The maximum absolute atomic E-state index is 12.2. The topological polar surface area (TPSA) is 84.2 Å². The van der Waals surface area contributed by atoms with E-state index < -0.39 is 0 Å². The number of rotatable bonds is 3. The summed E-state index contributed by atoms with van der Waals surface area (Å²) in [7, 11) is 0. The van der Waals surface area contributed by atoms with E-state index in [1.807, 2.05) is 18.2 Å². The molecule has 0 bridgehead atoms. The Hall–Kier alpha value is -2.93. The number of hydrogen-bond donors (Lipinski definition) is 1. The standard InChI is InChI=1S/C17H14ClN5O2/c18-12-4-3-5-13(8-12)20-17(24)23-9-11(10-23)16-21-15(22-25-16)14-6-1-2-7-19-14/h1-8,11H,9-10H2,(H,20,24). The highest BCUT2D eigenvalue weighted by molar-refractivity contribution is 6.30. The third-order valence-corrected chi connectivity index (χ3v) is 4.16. The number of pyridine rings is 1. The highest BCUT2D eigenvalue weighted by atomic mass is 35.5. The number of carbonyl (C=O) groups excluding carboxylic acids is 1. The molecular formula is C17H14ClN5O2. The van der Waals surface area contributed by atoms with Gasteiger partial charge in [0.15, 0.2) is 0 Å². The minimum absolute atomic E-state index is 0.0371. The number of nitrogens with zero attached hydrogens (tertiary/aromatic N) is 4. The smallest absolute Gasteiger partial charge is 0.321 e. The molecule has 0 aliphatic carbocycles. The lowest BCUT2D eigenvalue weighted by molar-refractivity contribution is 0.147. The number of urea groups is 1. The number of aromatic nitrogens is 3. The van der Waals surface area contributed by atoms with E-state index in [2.05, 4.69) is 20.4 Å². The summed E-state index contributed by atoms with van der Waals surface area (Å²) in [4.78, 5) is 22.4. The molecule has 2 aromatic heterocycles. The van der Waals surface area contributed by atoms with Crippen molar-refractivity contribution >= 4 is 23.3 Å². The van der Waals surface area contributed by atoms with Crippen LogP contribution in [0.25, 0.3) is 11.5 Å². The van der Waals surface area contributed by atoms with Crippen LogP contribution in [0.5, 0.6) is 0 Å². The number of likely N-dealkylation sites (tertiary alicyclic amines) is 1. The summed E-state index contributed by atoms with van der Waals surface area (Å²) in [6.07, 6.45) is 1.68. The van der Waals surface area contributed by atoms with Crippen LogP contribution in [0.4, 0.5) is 10.5 Å². The van der Waals surface area contributed by atoms with Gasteiger partial charge in [0.2, 0.25) is 11.7 Å². The van der Waals surface area contributed by atoms with Crippen molar-refractivity contribution < 1.29 is 9.32 Å². The largest absolute Gasteiger partial charge is 0.338 e. The molecule has 3 aromatic rings. The fourth-order valence-electron chi connectivity index (χ4n) is 2.57. The van der Waals surface area contributed by atoms with E-state index in [1.165, 1.54) is 0 Å². The van der Waals surface area contributed by atoms with Crippen molar-refractivity contribution in [3.8, 4) is 11.5 Å². The van der Waals surface area contributed by atoms with Crippen molar-refractivity contribution in [3.05, 3.63) is 59.6 Å². The Labute approximate surface area is 148 Å². The second-order valence-electron chi connectivity index (χ2n) is 5.71. The van der Waals surface area contributed by atoms with E-state index >= 15 is 0 Å². The molecule has 126 valence electrons. The average Bonchev–Trinajstić information content (AvgIpc) is 3.04. The molecule has 1 fully saturated rings. The first-order chi connectivity index (χ1) is 12.2. The van der Waals surface area contributed by atoms with E-state index in [1.54, 1.807) is 35.4 Å². The molecule has 1 N–H and O–H groups in total. The van der Waals surface area contributed by atoms with Crippen LogP contribution >= 0.6 is 11.6 Å². The average molecular weight is 356 g/mol. The SMILES string of the molecule is O=C(Nc1cccc(Cl)c1)N1CC(c2nc(-c3ccccn3)no2)C1. The fraction of sp³-hybridized carbons (Fsp3) is 0.176. The van der Waals surface area contributed by atoms with Crippen molar-refractivity contribution in [2.45, 2.75) is 5.92 Å². The lowest BCUT2D eigenvalue weighted by atomic mass is 10.0. The Morgan fingerprint density at radius 2 is 2.12 bits per heavy atom. The van der Waals surface area contributed by atoms with Crippen LogP contribution < -0.4 is 5.32 Å². The number of halogens is 1. The van der Waals surface area contributed by atoms with Crippen LogP contribution in [-0.4, -0.2) is 39.1 Å². The van der Waals surface area contributed by atoms with E-state index in [0.717, 1.165) is 0 Å². The van der Waals surface area contributed by atoms with Gasteiger partial charge in [0.05, 0.1) is 5.92 Å². The van der Waals surface area contributed by atoms with Crippen molar-refractivity contribution in [1.29, 1.82) is 0 Å². The Bertz CT molecular complexity index is 893. The second-order valence-corrected chi connectivity index (χ2v) is 6.15. The zero-order valence-electron chi connectivity index (χ0n) is 13.1. The minimum atomic E-state index is -0.178. The maximum atomic E-state index is 12.2. The number of carbonyl (C=O) groups is 1. The zero-order valence-corrected chi connectivity index (χ0v) is 13.8. The number of benzene rings is 1. The molecule has 1 aliphatic heterocycles. The summed E-state index contributed by atoms with van der Waals surface area (Å²) in [5.74, 6) is 1.01. The Morgan fingerprint density at radius 3 is 2.88 bits per heavy atom. The molecule has 2 amide bonds. The maximum Gasteiger partial charge on any atom is 0.321 e. The molecule has 0 saturated carbocycles. The van der Waals surface area contributed by atoms with Gasteiger partial charge in [-0.2, -0.15) is 4.98 Å². The first kappa shape index (κ1) is 15.6. The van der Waals surface area contributed by atoms with Crippen LogP contribution in [0.3, 0.4) is 0 Å². The molecule has 0 atom stereocenters. The lowest BCUT2D eigenvalue weighted by Crippen LogP contribution is -2.50. The fourth-order valence-corrected chi connectivity index (χ4v) is 2.76. The molecule has 7 nitrogen and oxygen atoms in total. The predicted molar refractivity (Wildman–Crippen MR) is 92.3 cm³/mol. The first-order valence-electron chi connectivity index (χ1n) is 7.75. The number of amides is 2. The van der Waals surface area contributed by atoms with Gasteiger partial charge in [-0.1, -0.05) is 28.9 Å². The first-order valence-corrected chi connectivity index (χ1v) is 8.13. The Kier molecular flexibility index (Phi) is 4.07. The van der Waals surface area contributed by atoms with Crippen molar-refractivity contribution in [3.63, 3.8) is 0 Å². The number of anilines is 1. The zero-order chi connectivity index (χ0) is 17.2. The van der Waals surface area contributed by atoms with Crippen molar-refractivity contribution in [2.75, 3.05) is 18.4 Å². The molecule has 8 heteroatoms. The van der Waals surface area contributed by atoms with Crippen LogP contribution in [0, 0.1) is 0 Å². The van der Waals surface area contributed by atoms with Gasteiger partial charge >= 0.3 is 6.03 Å². The molecule has 0 radical (unpaired) electrons. The van der Waals surface area contributed by atoms with Crippen LogP contribution in [0.2, 0.25) is 5.02 Å². The van der Waals surface area contributed by atoms with E-state index in [4.69, 9.17) is 16.1 Å². The Morgan fingerprint density at radius 1 is 1.24 bits per heavy atom. The minimum Gasteiger partial charge on any atom is -0.338 e. The lowest BCUT2D eigenvalue weighted by Gasteiger charge is -2.36. The van der Waals surface area contributed by atoms with Gasteiger partial charge in [0, 0.05) is 30.0 Å². The molecular weight excluding hydrogens is 342 g/mol. The highest BCUT2D eigenvalue weighted by Gasteiger charge is 2.35. The molecule has 0 spiro atoms. The van der Waals surface area contributed by atoms with Gasteiger partial charge in [0.1, 0.15) is 5.69 Å². The summed E-state index contributed by atoms with van der Waals surface area (Å²) >= 11 is 5.91. The van der Waals surface area contributed by atoms with E-state index in [0.29, 0.717) is 41.2 Å². The highest BCUT2D eigenvalue weighted by Crippen LogP contribution is 2.28. The molecule has 1 saturated heterocycles. The Balaban J connectivity index is 1.36. The van der Waals surface area contributed by atoms with Gasteiger partial charge in [-0.05, 0) is 30.3 Å². The second kappa shape index (κ2) is 6.52. The molecule has 25 heavy (non-hydrogen) atoms. The van der Waals surface area contributed by atoms with Gasteiger partial charge in [-0.25, -0.2) is 4.79 Å². The summed E-state index contributed by atoms with van der Waals surface area (Å²) in [6.45, 7) is 1.05. The molecule has 0 unspecified atom stereocenters. The third kappa shape index (κ3) is 3.32. The van der Waals surface area contributed by atoms with Gasteiger partial charge in [-0.15, -0.1) is 0 Å². The van der Waals surface area contributed by atoms with E-state index in [-0.39, 0.29) is 11.9 Å².